The van der Waals surface area contributed by atoms with Gasteiger partial charge >= 0.3 is 0 Å². The van der Waals surface area contributed by atoms with E-state index in [-0.39, 0.29) is 0 Å². The third-order valence-corrected chi connectivity index (χ3v) is 4.92. The second-order valence-electron chi connectivity index (χ2n) is 6.51. The van der Waals surface area contributed by atoms with Crippen molar-refractivity contribution >= 4 is 0 Å². The summed E-state index contributed by atoms with van der Waals surface area (Å²) in [5, 5.41) is 0. The number of aryl methyl sites for hydroxylation is 2. The molecular weight excluding hydrogens is 230 g/mol. The smallest absolute Gasteiger partial charge is 0.00705 e. The molecule has 1 aromatic carbocycles. The standard InChI is InChI=1S/C18H29N/c1-4-5-15-8-9-18(19)17(11-15)12-16-7-6-13(2)14(3)10-16/h6-7,10,15,17-18H,4-5,8-9,11-12,19H2,1-3H3. The van der Waals surface area contributed by atoms with E-state index in [1.807, 2.05) is 0 Å². The molecule has 0 saturated heterocycles. The van der Waals surface area contributed by atoms with Crippen LogP contribution in [-0.2, 0) is 6.42 Å². The van der Waals surface area contributed by atoms with Gasteiger partial charge in [-0.1, -0.05) is 38.0 Å². The molecule has 0 heterocycles. The van der Waals surface area contributed by atoms with Crippen molar-refractivity contribution in [3.63, 3.8) is 0 Å². The maximum atomic E-state index is 6.35. The second-order valence-corrected chi connectivity index (χ2v) is 6.51. The fourth-order valence-electron chi connectivity index (χ4n) is 3.52. The van der Waals surface area contributed by atoms with E-state index in [1.54, 1.807) is 0 Å². The predicted molar refractivity (Wildman–Crippen MR) is 83.3 cm³/mol. The van der Waals surface area contributed by atoms with Crippen LogP contribution in [0.5, 0.6) is 0 Å². The molecule has 0 bridgehead atoms. The van der Waals surface area contributed by atoms with Gasteiger partial charge in [0.2, 0.25) is 0 Å². The molecule has 19 heavy (non-hydrogen) atoms. The highest BCUT2D eigenvalue weighted by molar-refractivity contribution is 5.30. The van der Waals surface area contributed by atoms with Crippen molar-refractivity contribution in [2.45, 2.75) is 65.3 Å². The Bertz CT molecular complexity index is 410. The topological polar surface area (TPSA) is 26.0 Å². The molecule has 0 aromatic heterocycles. The summed E-state index contributed by atoms with van der Waals surface area (Å²) in [5.41, 5.74) is 10.6. The Morgan fingerprint density at radius 1 is 1.16 bits per heavy atom. The lowest BCUT2D eigenvalue weighted by atomic mass is 9.74. The van der Waals surface area contributed by atoms with E-state index in [0.29, 0.717) is 12.0 Å². The lowest BCUT2D eigenvalue weighted by molar-refractivity contribution is 0.221. The molecule has 1 fully saturated rings. The summed E-state index contributed by atoms with van der Waals surface area (Å²) in [6.45, 7) is 6.69. The summed E-state index contributed by atoms with van der Waals surface area (Å²) < 4.78 is 0. The van der Waals surface area contributed by atoms with Crippen LogP contribution < -0.4 is 5.73 Å². The first kappa shape index (κ1) is 14.6. The Balaban J connectivity index is 2.01. The largest absolute Gasteiger partial charge is 0.327 e. The van der Waals surface area contributed by atoms with Crippen molar-refractivity contribution < 1.29 is 0 Å². The summed E-state index contributed by atoms with van der Waals surface area (Å²) in [6.07, 6.45) is 7.77. The Morgan fingerprint density at radius 2 is 1.95 bits per heavy atom. The van der Waals surface area contributed by atoms with Crippen LogP contribution >= 0.6 is 0 Å². The molecular formula is C18H29N. The summed E-state index contributed by atoms with van der Waals surface area (Å²) in [4.78, 5) is 0. The minimum Gasteiger partial charge on any atom is -0.327 e. The highest BCUT2D eigenvalue weighted by atomic mass is 14.7. The van der Waals surface area contributed by atoms with Crippen LogP contribution in [0.25, 0.3) is 0 Å². The summed E-state index contributed by atoms with van der Waals surface area (Å²) in [6, 6.07) is 7.31. The van der Waals surface area contributed by atoms with Crippen LogP contribution in [-0.4, -0.2) is 6.04 Å². The highest BCUT2D eigenvalue weighted by Gasteiger charge is 2.27. The normalized spacial score (nSPS) is 27.5. The first-order valence-electron chi connectivity index (χ1n) is 7.91. The maximum Gasteiger partial charge on any atom is 0.00705 e. The van der Waals surface area contributed by atoms with Gasteiger partial charge in [-0.2, -0.15) is 0 Å². The van der Waals surface area contributed by atoms with Gasteiger partial charge < -0.3 is 5.73 Å². The molecule has 0 radical (unpaired) electrons. The van der Waals surface area contributed by atoms with E-state index in [0.717, 1.165) is 5.92 Å². The van der Waals surface area contributed by atoms with Crippen molar-refractivity contribution in [1.29, 1.82) is 0 Å². The van der Waals surface area contributed by atoms with Gasteiger partial charge in [0.15, 0.2) is 0 Å². The number of benzene rings is 1. The van der Waals surface area contributed by atoms with Gasteiger partial charge in [0.1, 0.15) is 0 Å². The average molecular weight is 259 g/mol. The third-order valence-electron chi connectivity index (χ3n) is 4.92. The van der Waals surface area contributed by atoms with E-state index in [9.17, 15) is 0 Å². The van der Waals surface area contributed by atoms with E-state index in [2.05, 4.69) is 39.0 Å². The molecule has 1 aliphatic rings. The van der Waals surface area contributed by atoms with Gasteiger partial charge in [-0.15, -0.1) is 0 Å². The molecule has 1 aliphatic carbocycles. The maximum absolute atomic E-state index is 6.35. The zero-order valence-corrected chi connectivity index (χ0v) is 12.8. The van der Waals surface area contributed by atoms with Gasteiger partial charge in [-0.05, 0) is 68.1 Å². The lowest BCUT2D eigenvalue weighted by Gasteiger charge is -2.34. The number of hydrogen-bond acceptors (Lipinski definition) is 1. The van der Waals surface area contributed by atoms with Crippen molar-refractivity contribution in [2.75, 3.05) is 0 Å². The molecule has 1 nitrogen and oxygen atoms in total. The molecule has 0 spiro atoms. The first-order valence-corrected chi connectivity index (χ1v) is 7.91. The van der Waals surface area contributed by atoms with Gasteiger partial charge in [-0.25, -0.2) is 0 Å². The van der Waals surface area contributed by atoms with Crippen LogP contribution in [0, 0.1) is 25.7 Å². The molecule has 1 heteroatoms. The monoisotopic (exact) mass is 259 g/mol. The SMILES string of the molecule is CCCC1CCC(N)C(Cc2ccc(C)c(C)c2)C1. The number of nitrogens with two attached hydrogens (primary N) is 1. The quantitative estimate of drug-likeness (QED) is 0.852. The fourth-order valence-corrected chi connectivity index (χ4v) is 3.52. The Labute approximate surface area is 118 Å². The summed E-state index contributed by atoms with van der Waals surface area (Å²) in [5.74, 6) is 1.61. The Morgan fingerprint density at radius 3 is 2.63 bits per heavy atom. The van der Waals surface area contributed by atoms with Gasteiger partial charge in [0.05, 0.1) is 0 Å². The van der Waals surface area contributed by atoms with Crippen molar-refractivity contribution in [3.05, 3.63) is 34.9 Å². The molecule has 0 amide bonds. The lowest BCUT2D eigenvalue weighted by Crippen LogP contribution is -2.37. The van der Waals surface area contributed by atoms with Crippen LogP contribution in [0.15, 0.2) is 18.2 Å². The molecule has 2 rings (SSSR count). The average Bonchev–Trinajstić information content (AvgIpc) is 2.38. The molecule has 2 N–H and O–H groups in total. The fraction of sp³-hybridized carbons (Fsp3) is 0.667. The summed E-state index contributed by atoms with van der Waals surface area (Å²) >= 11 is 0. The highest BCUT2D eigenvalue weighted by Crippen LogP contribution is 2.33. The van der Waals surface area contributed by atoms with Crippen molar-refractivity contribution in [1.82, 2.24) is 0 Å². The van der Waals surface area contributed by atoms with Gasteiger partial charge in [-0.3, -0.25) is 0 Å². The van der Waals surface area contributed by atoms with E-state index in [4.69, 9.17) is 5.73 Å². The molecule has 3 unspecified atom stereocenters. The first-order chi connectivity index (χ1) is 9.10. The number of hydrogen-bond donors (Lipinski definition) is 1. The molecule has 3 atom stereocenters. The zero-order valence-electron chi connectivity index (χ0n) is 12.8. The van der Waals surface area contributed by atoms with E-state index >= 15 is 0 Å². The predicted octanol–water partition coefficient (Wildman–Crippen LogP) is 4.39. The van der Waals surface area contributed by atoms with Crippen LogP contribution in [0.2, 0.25) is 0 Å². The van der Waals surface area contributed by atoms with Gasteiger partial charge in [0, 0.05) is 6.04 Å². The molecule has 106 valence electrons. The number of rotatable bonds is 4. The second kappa shape index (κ2) is 6.56. The van der Waals surface area contributed by atoms with Crippen LogP contribution in [0.4, 0.5) is 0 Å². The zero-order chi connectivity index (χ0) is 13.8. The van der Waals surface area contributed by atoms with E-state index < -0.39 is 0 Å². The molecule has 0 aliphatic heterocycles. The van der Waals surface area contributed by atoms with Crippen molar-refractivity contribution in [3.8, 4) is 0 Å². The summed E-state index contributed by atoms with van der Waals surface area (Å²) in [7, 11) is 0. The Hall–Kier alpha value is -0.820. The Kier molecular flexibility index (Phi) is 5.04. The molecule has 1 aromatic rings. The van der Waals surface area contributed by atoms with Crippen LogP contribution in [0.1, 0.15) is 55.7 Å². The minimum atomic E-state index is 0.412. The minimum absolute atomic E-state index is 0.412. The van der Waals surface area contributed by atoms with E-state index in [1.165, 1.54) is 55.2 Å². The third kappa shape index (κ3) is 3.82. The van der Waals surface area contributed by atoms with Crippen LogP contribution in [0.3, 0.4) is 0 Å². The van der Waals surface area contributed by atoms with Gasteiger partial charge in [0.25, 0.3) is 0 Å². The van der Waals surface area contributed by atoms with Crippen molar-refractivity contribution in [2.24, 2.45) is 17.6 Å². The molecule has 1 saturated carbocycles.